The molecule has 0 fully saturated rings. The van der Waals surface area contributed by atoms with Crippen molar-refractivity contribution in [3.8, 4) is 34.1 Å². The highest BCUT2D eigenvalue weighted by molar-refractivity contribution is 7.91. The molecule has 1 atom stereocenters. The molecule has 0 aliphatic heterocycles. The number of hydrogen-bond acceptors (Lipinski definition) is 5. The minimum atomic E-state index is -1.31. The first-order valence-electron chi connectivity index (χ1n) is 9.24. The highest BCUT2D eigenvalue weighted by atomic mass is 32.2. The minimum Gasteiger partial charge on any atom is -0.611 e. The van der Waals surface area contributed by atoms with Crippen molar-refractivity contribution < 1.29 is 14.1 Å². The van der Waals surface area contributed by atoms with E-state index in [2.05, 4.69) is 0 Å². The lowest BCUT2D eigenvalue weighted by Crippen LogP contribution is -2.12. The van der Waals surface area contributed by atoms with Crippen LogP contribution >= 0.6 is 0 Å². The second-order valence-corrected chi connectivity index (χ2v) is 8.26. The Labute approximate surface area is 177 Å². The van der Waals surface area contributed by atoms with E-state index in [-0.39, 0.29) is 17.6 Å². The number of rotatable bonds is 6. The molecule has 30 heavy (non-hydrogen) atoms. The second kappa shape index (κ2) is 9.44. The number of nitriles is 1. The maximum absolute atomic E-state index is 13.3. The summed E-state index contributed by atoms with van der Waals surface area (Å²) in [6, 6.07) is 15.8. The minimum absolute atomic E-state index is 0.187. The van der Waals surface area contributed by atoms with Crippen molar-refractivity contribution in [2.24, 2.45) is 7.05 Å². The molecule has 0 bridgehead atoms. The molecular formula is C23H20N2O4S. The Morgan fingerprint density at radius 3 is 2.40 bits per heavy atom. The highest BCUT2D eigenvalue weighted by Gasteiger charge is 2.15. The van der Waals surface area contributed by atoms with Crippen molar-refractivity contribution in [3.63, 3.8) is 0 Å². The van der Waals surface area contributed by atoms with E-state index >= 15 is 0 Å². The molecule has 152 valence electrons. The lowest BCUT2D eigenvalue weighted by molar-refractivity contribution is -0.131. The summed E-state index contributed by atoms with van der Waals surface area (Å²) in [5.41, 5.74) is 2.02. The number of pyridine rings is 1. The molecular weight excluding hydrogens is 400 g/mol. The molecule has 0 radical (unpaired) electrons. The van der Waals surface area contributed by atoms with Gasteiger partial charge in [0, 0.05) is 43.6 Å². The predicted octanol–water partition coefficient (Wildman–Crippen LogP) is 3.67. The fourth-order valence-electron chi connectivity index (χ4n) is 3.07. The summed E-state index contributed by atoms with van der Waals surface area (Å²) in [5, 5.41) is 8.71. The first kappa shape index (κ1) is 21.4. The van der Waals surface area contributed by atoms with Gasteiger partial charge >= 0.3 is 5.97 Å². The van der Waals surface area contributed by atoms with E-state index < -0.39 is 17.1 Å². The van der Waals surface area contributed by atoms with Gasteiger partial charge in [0.1, 0.15) is 11.5 Å². The molecule has 2 aromatic carbocycles. The van der Waals surface area contributed by atoms with E-state index in [1.807, 2.05) is 13.1 Å². The number of esters is 1. The van der Waals surface area contributed by atoms with Gasteiger partial charge in [-0.15, -0.1) is 0 Å². The van der Waals surface area contributed by atoms with Gasteiger partial charge in [-0.2, -0.15) is 5.26 Å². The van der Waals surface area contributed by atoms with Crippen molar-refractivity contribution in [3.05, 3.63) is 71.1 Å². The molecule has 7 heteroatoms. The quantitative estimate of drug-likeness (QED) is 0.344. The Balaban J connectivity index is 2.05. The molecule has 0 aliphatic rings. The first-order chi connectivity index (χ1) is 14.4. The van der Waals surface area contributed by atoms with Crippen molar-refractivity contribution in [1.29, 1.82) is 5.26 Å². The summed E-state index contributed by atoms with van der Waals surface area (Å²) in [7, 11) is 1.82. The average Bonchev–Trinajstić information content (AvgIpc) is 2.73. The normalized spacial score (nSPS) is 11.5. The Hall–Kier alpha value is -3.34. The van der Waals surface area contributed by atoms with Crippen LogP contribution < -0.4 is 10.2 Å². The van der Waals surface area contributed by atoms with Gasteiger partial charge in [0.2, 0.25) is 0 Å². The molecule has 3 aromatic rings. The van der Waals surface area contributed by atoms with E-state index in [0.29, 0.717) is 32.9 Å². The topological polar surface area (TPSA) is 95.2 Å². The molecule has 0 saturated carbocycles. The Morgan fingerprint density at radius 1 is 1.13 bits per heavy atom. The van der Waals surface area contributed by atoms with Crippen LogP contribution in [0.5, 0.6) is 5.75 Å². The number of carbonyl (C=O) groups is 1. The molecule has 0 aliphatic carbocycles. The lowest BCUT2D eigenvalue weighted by atomic mass is 10.0. The first-order valence-corrected chi connectivity index (χ1v) is 10.6. The van der Waals surface area contributed by atoms with Crippen LogP contribution in [0, 0.1) is 11.3 Å². The monoisotopic (exact) mass is 420 g/mol. The van der Waals surface area contributed by atoms with E-state index in [1.54, 1.807) is 65.5 Å². The SMILES string of the molecule is CC(=O)Oc1cccc(-c2cn(C)cc(-c3cccc([S+]([O-])CCC#N)c3)c2=O)c1. The number of hydrogen-bond donors (Lipinski definition) is 0. The maximum atomic E-state index is 13.3. The average molecular weight is 420 g/mol. The van der Waals surface area contributed by atoms with Crippen LogP contribution in [0.3, 0.4) is 0 Å². The number of nitrogens with zero attached hydrogens (tertiary/aromatic N) is 2. The summed E-state index contributed by atoms with van der Waals surface area (Å²) in [6.45, 7) is 1.32. The summed E-state index contributed by atoms with van der Waals surface area (Å²) in [5.74, 6) is 0.179. The lowest BCUT2D eigenvalue weighted by Gasteiger charge is -2.12. The summed E-state index contributed by atoms with van der Waals surface area (Å²) < 4.78 is 19.3. The van der Waals surface area contributed by atoms with Crippen molar-refractivity contribution in [2.45, 2.75) is 18.2 Å². The third-order valence-electron chi connectivity index (χ3n) is 4.37. The molecule has 1 unspecified atom stereocenters. The predicted molar refractivity (Wildman–Crippen MR) is 115 cm³/mol. The molecule has 1 aromatic heterocycles. The Morgan fingerprint density at radius 2 is 1.77 bits per heavy atom. The van der Waals surface area contributed by atoms with Gasteiger partial charge in [-0.1, -0.05) is 24.3 Å². The standard InChI is InChI=1S/C23H20N2O4S/c1-16(26)29-19-8-3-6-17(12-19)21-14-25(2)15-22(23(21)27)18-7-4-9-20(13-18)30(28)11-5-10-24/h3-4,6-9,12-15H,5,11H2,1-2H3. The van der Waals surface area contributed by atoms with Gasteiger partial charge in [0.25, 0.3) is 0 Å². The third-order valence-corrected chi connectivity index (χ3v) is 5.72. The Kier molecular flexibility index (Phi) is 6.72. The molecule has 0 amide bonds. The molecule has 6 nitrogen and oxygen atoms in total. The molecule has 0 spiro atoms. The van der Waals surface area contributed by atoms with Crippen LogP contribution in [0.2, 0.25) is 0 Å². The zero-order valence-electron chi connectivity index (χ0n) is 16.6. The van der Waals surface area contributed by atoms with Gasteiger partial charge in [-0.3, -0.25) is 9.59 Å². The zero-order chi connectivity index (χ0) is 21.7. The maximum Gasteiger partial charge on any atom is 0.308 e. The second-order valence-electron chi connectivity index (χ2n) is 6.69. The van der Waals surface area contributed by atoms with E-state index in [4.69, 9.17) is 10.00 Å². The van der Waals surface area contributed by atoms with Gasteiger partial charge in [-0.25, -0.2) is 0 Å². The zero-order valence-corrected chi connectivity index (χ0v) is 17.4. The number of ether oxygens (including phenoxy) is 1. The summed E-state index contributed by atoms with van der Waals surface area (Å²) in [6.07, 6.45) is 3.64. The molecule has 0 N–H and O–H groups in total. The fourth-order valence-corrected chi connectivity index (χ4v) is 4.07. The van der Waals surface area contributed by atoms with Gasteiger partial charge in [0.15, 0.2) is 10.3 Å². The molecule has 0 saturated heterocycles. The van der Waals surface area contributed by atoms with Crippen molar-refractivity contribution >= 4 is 17.1 Å². The number of aromatic nitrogens is 1. The molecule has 3 rings (SSSR count). The number of aryl methyl sites for hydroxylation is 1. The summed E-state index contributed by atoms with van der Waals surface area (Å²) >= 11 is -1.31. The highest BCUT2D eigenvalue weighted by Crippen LogP contribution is 2.26. The third kappa shape index (κ3) is 4.98. The van der Waals surface area contributed by atoms with Gasteiger partial charge in [-0.05, 0) is 40.5 Å². The van der Waals surface area contributed by atoms with Crippen LogP contribution in [0.25, 0.3) is 22.3 Å². The van der Waals surface area contributed by atoms with Crippen LogP contribution in [0.4, 0.5) is 0 Å². The largest absolute Gasteiger partial charge is 0.611 e. The van der Waals surface area contributed by atoms with E-state index in [0.717, 1.165) is 0 Å². The van der Waals surface area contributed by atoms with Crippen LogP contribution in [-0.2, 0) is 23.0 Å². The van der Waals surface area contributed by atoms with Crippen molar-refractivity contribution in [2.75, 3.05) is 5.75 Å². The van der Waals surface area contributed by atoms with Crippen LogP contribution in [-0.4, -0.2) is 20.8 Å². The van der Waals surface area contributed by atoms with Gasteiger partial charge < -0.3 is 13.9 Å². The van der Waals surface area contributed by atoms with E-state index in [9.17, 15) is 14.1 Å². The van der Waals surface area contributed by atoms with Crippen LogP contribution in [0.15, 0.2) is 70.6 Å². The smallest absolute Gasteiger partial charge is 0.308 e. The van der Waals surface area contributed by atoms with E-state index in [1.165, 1.54) is 6.92 Å². The Bertz CT molecular complexity index is 1180. The van der Waals surface area contributed by atoms with Gasteiger partial charge in [0.05, 0.1) is 12.5 Å². The van der Waals surface area contributed by atoms with Crippen molar-refractivity contribution in [1.82, 2.24) is 4.57 Å². The number of benzene rings is 2. The fraction of sp³-hybridized carbons (Fsp3) is 0.174. The number of carbonyl (C=O) groups excluding carboxylic acids is 1. The molecule has 1 heterocycles. The summed E-state index contributed by atoms with van der Waals surface area (Å²) in [4.78, 5) is 25.1. The van der Waals surface area contributed by atoms with Crippen LogP contribution in [0.1, 0.15) is 13.3 Å².